The molecule has 0 spiro atoms. The van der Waals surface area contributed by atoms with Gasteiger partial charge in [0.05, 0.1) is 12.2 Å². The third-order valence-electron chi connectivity index (χ3n) is 7.97. The molecule has 2 aliphatic rings. The van der Waals surface area contributed by atoms with E-state index in [0.717, 1.165) is 25.3 Å². The van der Waals surface area contributed by atoms with Crippen LogP contribution in [0.25, 0.3) is 6.08 Å². The number of ether oxygens (including phenoxy) is 2. The second-order valence-electron chi connectivity index (χ2n) is 14.2. The summed E-state index contributed by atoms with van der Waals surface area (Å²) in [5, 5.41) is 10.7. The van der Waals surface area contributed by atoms with Gasteiger partial charge in [-0.15, -0.1) is 0 Å². The Morgan fingerprint density at radius 1 is 1.00 bits per heavy atom. The van der Waals surface area contributed by atoms with E-state index in [-0.39, 0.29) is 31.2 Å². The predicted molar refractivity (Wildman–Crippen MR) is 189 cm³/mol. The molecule has 5 rings (SSSR count). The molecule has 1 amide bonds. The van der Waals surface area contributed by atoms with Gasteiger partial charge in [-0.25, -0.2) is 13.4 Å². The monoisotopic (exact) mass is 675 g/mol. The Hall–Kier alpha value is -4.22. The number of benzene rings is 3. The molecule has 2 heterocycles. The van der Waals surface area contributed by atoms with Gasteiger partial charge in [0.15, 0.2) is 0 Å². The topological polar surface area (TPSA) is 99.6 Å². The molecule has 3 aromatic rings. The number of rotatable bonds is 9. The summed E-state index contributed by atoms with van der Waals surface area (Å²) in [5.41, 5.74) is 3.61. The molecule has 3 aromatic carbocycles. The van der Waals surface area contributed by atoms with Gasteiger partial charge in [-0.05, 0) is 67.6 Å². The van der Waals surface area contributed by atoms with Crippen LogP contribution in [-0.2, 0) is 34.5 Å². The molecule has 11 heteroatoms. The third-order valence-corrected chi connectivity index (χ3v) is 11.4. The van der Waals surface area contributed by atoms with E-state index in [1.807, 2.05) is 81.5 Å². The van der Waals surface area contributed by atoms with E-state index in [4.69, 9.17) is 9.47 Å². The maximum Gasteiger partial charge on any atom is 0.411 e. The van der Waals surface area contributed by atoms with E-state index in [1.54, 1.807) is 23.1 Å². The number of nitrogens with zero attached hydrogens (tertiary/aromatic N) is 3. The Labute approximate surface area is 279 Å². The van der Waals surface area contributed by atoms with Crippen LogP contribution in [0.2, 0.25) is 25.7 Å². The lowest BCUT2D eigenvalue weighted by molar-refractivity contribution is 0.0165. The standard InChI is InChI=1S/C36H45N3O6SSi/c1-36(2,3)45-35(41)37-24-30-15-11-10-14-29(30)23-31(37)18-16-27-17-19-32(33(22-27)44-26-28-12-8-7-9-13-28)39-25-34(40)38(46(39,42)43)20-21-47(4,5)6/h7-19,22,25,31,40H,20-21,23-24,26H2,1-6H3/t31-/m1/s1. The first-order chi connectivity index (χ1) is 22.1. The number of fused-ring (bicyclic) bond motifs is 1. The first kappa shape index (κ1) is 34.1. The summed E-state index contributed by atoms with van der Waals surface area (Å²) in [7, 11) is -5.65. The van der Waals surface area contributed by atoms with Crippen molar-refractivity contribution in [3.8, 4) is 5.75 Å². The van der Waals surface area contributed by atoms with Crippen molar-refractivity contribution >= 4 is 36.1 Å². The molecule has 0 unspecified atom stereocenters. The van der Waals surface area contributed by atoms with Crippen molar-refractivity contribution in [2.24, 2.45) is 0 Å². The maximum absolute atomic E-state index is 13.7. The van der Waals surface area contributed by atoms with Gasteiger partial charge in [-0.1, -0.05) is 92.5 Å². The molecule has 0 saturated carbocycles. The molecule has 0 saturated heterocycles. The lowest BCUT2D eigenvalue weighted by atomic mass is 9.93. The number of aliphatic hydroxyl groups excluding tert-OH is 1. The number of carbonyl (C=O) groups excluding carboxylic acids is 1. The van der Waals surface area contributed by atoms with Crippen LogP contribution in [0.3, 0.4) is 0 Å². The van der Waals surface area contributed by atoms with Crippen LogP contribution in [-0.4, -0.2) is 55.1 Å². The molecule has 0 bridgehead atoms. The van der Waals surface area contributed by atoms with Crippen molar-refractivity contribution in [2.45, 2.75) is 77.7 Å². The highest BCUT2D eigenvalue weighted by Crippen LogP contribution is 2.38. The zero-order valence-corrected chi connectivity index (χ0v) is 29.8. The van der Waals surface area contributed by atoms with Crippen LogP contribution in [0, 0.1) is 0 Å². The Bertz CT molecular complexity index is 1760. The van der Waals surface area contributed by atoms with E-state index in [9.17, 15) is 18.3 Å². The number of aliphatic hydroxyl groups is 1. The third kappa shape index (κ3) is 8.39. The molecule has 1 atom stereocenters. The molecule has 0 fully saturated rings. The highest BCUT2D eigenvalue weighted by molar-refractivity contribution is 7.91. The second-order valence-corrected chi connectivity index (χ2v) is 21.5. The van der Waals surface area contributed by atoms with Gasteiger partial charge in [-0.2, -0.15) is 8.42 Å². The van der Waals surface area contributed by atoms with Gasteiger partial charge >= 0.3 is 16.3 Å². The molecule has 1 N–H and O–H groups in total. The first-order valence-corrected chi connectivity index (χ1v) is 21.0. The van der Waals surface area contributed by atoms with E-state index in [2.05, 4.69) is 25.7 Å². The average molecular weight is 676 g/mol. The van der Waals surface area contributed by atoms with Gasteiger partial charge in [0.2, 0.25) is 5.88 Å². The fourth-order valence-electron chi connectivity index (χ4n) is 5.45. The highest BCUT2D eigenvalue weighted by atomic mass is 32.2. The van der Waals surface area contributed by atoms with Gasteiger partial charge in [0, 0.05) is 21.2 Å². The summed E-state index contributed by atoms with van der Waals surface area (Å²) in [6.07, 6.45) is 5.38. The van der Waals surface area contributed by atoms with E-state index < -0.39 is 23.9 Å². The molecular formula is C36H45N3O6SSi. The molecule has 47 heavy (non-hydrogen) atoms. The average Bonchev–Trinajstić information content (AvgIpc) is 3.23. The fourth-order valence-corrected chi connectivity index (χ4v) is 7.95. The minimum Gasteiger partial charge on any atom is -0.493 e. The zero-order chi connectivity index (χ0) is 34.0. The largest absolute Gasteiger partial charge is 0.493 e. The number of hydrogen-bond donors (Lipinski definition) is 1. The smallest absolute Gasteiger partial charge is 0.411 e. The van der Waals surface area contributed by atoms with E-state index >= 15 is 0 Å². The Morgan fingerprint density at radius 2 is 1.68 bits per heavy atom. The minimum atomic E-state index is -4.07. The minimum absolute atomic E-state index is 0.205. The van der Waals surface area contributed by atoms with E-state index in [0.29, 0.717) is 30.4 Å². The molecule has 0 radical (unpaired) electrons. The van der Waals surface area contributed by atoms with Crippen molar-refractivity contribution in [3.05, 3.63) is 113 Å². The SMILES string of the molecule is CC(C)(C)OC(=O)N1Cc2ccccc2C[C@H]1C=Cc1ccc(N2C=C(O)N(CC[Si](C)(C)C)S2(=O)=O)c(OCc2ccccc2)c1. The van der Waals surface area contributed by atoms with Crippen molar-refractivity contribution in [3.63, 3.8) is 0 Å². The molecular weight excluding hydrogens is 631 g/mol. The van der Waals surface area contributed by atoms with Crippen molar-refractivity contribution in [1.82, 2.24) is 9.21 Å². The number of amides is 1. The molecule has 250 valence electrons. The van der Waals surface area contributed by atoms with Crippen LogP contribution in [0.1, 0.15) is 43.0 Å². The van der Waals surface area contributed by atoms with Gasteiger partial charge in [0.25, 0.3) is 0 Å². The van der Waals surface area contributed by atoms with Crippen LogP contribution in [0.5, 0.6) is 5.75 Å². The van der Waals surface area contributed by atoms with Gasteiger partial charge < -0.3 is 14.6 Å². The highest BCUT2D eigenvalue weighted by Gasteiger charge is 2.39. The first-order valence-electron chi connectivity index (χ1n) is 15.9. The number of anilines is 1. The molecule has 9 nitrogen and oxygen atoms in total. The summed E-state index contributed by atoms with van der Waals surface area (Å²) >= 11 is 0. The van der Waals surface area contributed by atoms with Crippen LogP contribution in [0.4, 0.5) is 10.5 Å². The van der Waals surface area contributed by atoms with Crippen molar-refractivity contribution in [2.75, 3.05) is 10.8 Å². The molecule has 0 aliphatic carbocycles. The predicted octanol–water partition coefficient (Wildman–Crippen LogP) is 7.70. The lowest BCUT2D eigenvalue weighted by Gasteiger charge is -2.36. The van der Waals surface area contributed by atoms with Crippen molar-refractivity contribution in [1.29, 1.82) is 0 Å². The van der Waals surface area contributed by atoms with Gasteiger partial charge in [-0.3, -0.25) is 4.90 Å². The van der Waals surface area contributed by atoms with Gasteiger partial charge in [0.1, 0.15) is 23.6 Å². The Balaban J connectivity index is 1.46. The number of carbonyl (C=O) groups is 1. The summed E-state index contributed by atoms with van der Waals surface area (Å²) in [4.78, 5) is 15.0. The summed E-state index contributed by atoms with van der Waals surface area (Å²) in [6, 6.07) is 23.4. The second kappa shape index (κ2) is 13.5. The van der Waals surface area contributed by atoms with Crippen LogP contribution in [0.15, 0.2) is 91.0 Å². The fraction of sp³-hybridized carbons (Fsp3) is 0.361. The molecule has 0 aromatic heterocycles. The Kier molecular flexibility index (Phi) is 9.79. The zero-order valence-electron chi connectivity index (χ0n) is 28.0. The number of hydrogen-bond acceptors (Lipinski definition) is 6. The maximum atomic E-state index is 13.7. The normalized spacial score (nSPS) is 17.9. The van der Waals surface area contributed by atoms with Crippen molar-refractivity contribution < 1.29 is 27.8 Å². The summed E-state index contributed by atoms with van der Waals surface area (Å²) in [5.74, 6) is 0.0229. The summed E-state index contributed by atoms with van der Waals surface area (Å²) < 4.78 is 41.6. The Morgan fingerprint density at radius 3 is 2.36 bits per heavy atom. The quantitative estimate of drug-likeness (QED) is 0.234. The van der Waals surface area contributed by atoms with Crippen LogP contribution >= 0.6 is 0 Å². The van der Waals surface area contributed by atoms with E-state index in [1.165, 1.54) is 11.8 Å². The lowest BCUT2D eigenvalue weighted by Crippen LogP contribution is -2.45. The molecule has 2 aliphatic heterocycles. The van der Waals surface area contributed by atoms with Crippen LogP contribution < -0.4 is 9.04 Å². The summed E-state index contributed by atoms with van der Waals surface area (Å²) in [6.45, 7) is 12.9.